The van der Waals surface area contributed by atoms with E-state index in [1.807, 2.05) is 91.0 Å². The Labute approximate surface area is 196 Å². The average Bonchev–Trinajstić information content (AvgIpc) is 2.84. The normalized spacial score (nSPS) is 12.6. The second kappa shape index (κ2) is 10.4. The van der Waals surface area contributed by atoms with Crippen LogP contribution in [0.3, 0.4) is 0 Å². The predicted molar refractivity (Wildman–Crippen MR) is 129 cm³/mol. The fraction of sp³-hybridized carbons (Fsp3) is 0.276. The van der Waals surface area contributed by atoms with E-state index in [-0.39, 0.29) is 12.4 Å². The zero-order valence-corrected chi connectivity index (χ0v) is 19.7. The predicted octanol–water partition coefficient (Wildman–Crippen LogP) is 6.64. The van der Waals surface area contributed by atoms with Crippen molar-refractivity contribution >= 4 is 5.97 Å². The molecule has 0 aromatic heterocycles. The summed E-state index contributed by atoms with van der Waals surface area (Å²) in [7, 11) is 0. The van der Waals surface area contributed by atoms with Gasteiger partial charge >= 0.3 is 11.9 Å². The minimum atomic E-state index is -1.14. The Morgan fingerprint density at radius 1 is 0.758 bits per heavy atom. The van der Waals surface area contributed by atoms with Gasteiger partial charge in [-0.15, -0.1) is 0 Å². The van der Waals surface area contributed by atoms with Gasteiger partial charge < -0.3 is 9.47 Å². The number of rotatable bonds is 9. The molecular weight excluding hydrogens is 412 g/mol. The zero-order valence-electron chi connectivity index (χ0n) is 19.7. The number of ether oxygens (including phenoxy) is 2. The maximum absolute atomic E-state index is 13.5. The molecule has 0 saturated heterocycles. The zero-order chi connectivity index (χ0) is 23.9. The minimum Gasteiger partial charge on any atom is -0.466 e. The molecule has 0 aliphatic heterocycles. The fourth-order valence-corrected chi connectivity index (χ4v) is 4.06. The molecule has 0 aliphatic rings. The molecule has 4 nitrogen and oxygen atoms in total. The van der Waals surface area contributed by atoms with E-state index in [9.17, 15) is 9.90 Å². The Balaban J connectivity index is 2.14. The molecule has 0 aliphatic carbocycles. The maximum Gasteiger partial charge on any atom is 0.331 e. The highest BCUT2D eigenvalue weighted by atomic mass is 16.6. The first-order valence-corrected chi connectivity index (χ1v) is 11.2. The van der Waals surface area contributed by atoms with Crippen molar-refractivity contribution in [2.75, 3.05) is 6.61 Å². The lowest BCUT2D eigenvalue weighted by atomic mass is 9.80. The van der Waals surface area contributed by atoms with Gasteiger partial charge in [-0.2, -0.15) is 0 Å². The molecule has 4 heteroatoms. The van der Waals surface area contributed by atoms with E-state index in [2.05, 4.69) is 0 Å². The van der Waals surface area contributed by atoms with E-state index in [1.54, 1.807) is 27.7 Å². The highest BCUT2D eigenvalue weighted by Crippen LogP contribution is 2.42. The van der Waals surface area contributed by atoms with Crippen LogP contribution in [-0.4, -0.2) is 12.6 Å². The first-order chi connectivity index (χ1) is 15.8. The highest BCUT2D eigenvalue weighted by Gasteiger charge is 2.41. The van der Waals surface area contributed by atoms with E-state index >= 15 is 0 Å². The second-order valence-electron chi connectivity index (χ2n) is 8.73. The maximum atomic E-state index is 13.5. The Bertz CT molecular complexity index is 974. The van der Waals surface area contributed by atoms with Crippen molar-refractivity contribution in [3.63, 3.8) is 0 Å². The van der Waals surface area contributed by atoms with Crippen molar-refractivity contribution < 1.29 is 19.4 Å². The molecular formula is C29H31O4. The van der Waals surface area contributed by atoms with Crippen LogP contribution in [0.25, 0.3) is 0 Å². The summed E-state index contributed by atoms with van der Waals surface area (Å²) in [6, 6.07) is 29.2. The Kier molecular flexibility index (Phi) is 7.59. The van der Waals surface area contributed by atoms with Crippen LogP contribution in [0.4, 0.5) is 0 Å². The third kappa shape index (κ3) is 5.28. The number of esters is 1. The molecule has 3 aromatic carbocycles. The van der Waals surface area contributed by atoms with Crippen LogP contribution in [-0.2, 0) is 25.0 Å². The summed E-state index contributed by atoms with van der Waals surface area (Å²) in [5.41, 5.74) is 0.999. The molecule has 3 rings (SSSR count). The van der Waals surface area contributed by atoms with Crippen LogP contribution >= 0.6 is 0 Å². The van der Waals surface area contributed by atoms with Gasteiger partial charge in [0.2, 0.25) is 0 Å². The Hall–Kier alpha value is -3.53. The van der Waals surface area contributed by atoms with Crippen molar-refractivity contribution in [2.24, 2.45) is 5.41 Å². The monoisotopic (exact) mass is 443 g/mol. The topological polar surface area (TPSA) is 55.4 Å². The summed E-state index contributed by atoms with van der Waals surface area (Å²) in [5, 5.41) is 13.5. The molecule has 33 heavy (non-hydrogen) atoms. The quantitative estimate of drug-likeness (QED) is 0.212. The van der Waals surface area contributed by atoms with Gasteiger partial charge in [-0.25, -0.2) is 5.11 Å². The number of carbonyl (C=O) groups excluding carboxylic acids is 1. The van der Waals surface area contributed by atoms with Crippen molar-refractivity contribution in [1.29, 1.82) is 0 Å². The van der Waals surface area contributed by atoms with Gasteiger partial charge in [0, 0.05) is 22.3 Å². The fourth-order valence-electron chi connectivity index (χ4n) is 4.06. The van der Waals surface area contributed by atoms with Crippen molar-refractivity contribution in [3.05, 3.63) is 119 Å². The third-order valence-corrected chi connectivity index (χ3v) is 5.67. The molecule has 0 N–H and O–H groups in total. The SMILES string of the molecule is CCOC(=O)C(C)(C)CC(C)=C([O])OC(c1ccccc1)(c1ccccc1)c1ccccc1. The van der Waals surface area contributed by atoms with E-state index in [0.29, 0.717) is 12.2 Å². The molecule has 0 spiro atoms. The third-order valence-electron chi connectivity index (χ3n) is 5.67. The van der Waals surface area contributed by atoms with Gasteiger partial charge in [0.1, 0.15) is 0 Å². The number of hydrogen-bond acceptors (Lipinski definition) is 3. The minimum absolute atomic E-state index is 0.235. The molecule has 0 heterocycles. The smallest absolute Gasteiger partial charge is 0.331 e. The molecule has 0 fully saturated rings. The largest absolute Gasteiger partial charge is 0.466 e. The first-order valence-electron chi connectivity index (χ1n) is 11.2. The number of carbonyl (C=O) groups is 1. The highest BCUT2D eigenvalue weighted by molar-refractivity contribution is 5.76. The van der Waals surface area contributed by atoms with Gasteiger partial charge in [0.25, 0.3) is 0 Å². The Morgan fingerprint density at radius 3 is 1.52 bits per heavy atom. The van der Waals surface area contributed by atoms with Crippen molar-refractivity contribution in [3.8, 4) is 0 Å². The van der Waals surface area contributed by atoms with Crippen molar-refractivity contribution in [2.45, 2.75) is 39.7 Å². The van der Waals surface area contributed by atoms with Crippen LogP contribution < -0.4 is 0 Å². The number of allylic oxidation sites excluding steroid dienone is 1. The molecule has 171 valence electrons. The molecule has 0 bridgehead atoms. The number of hydrogen-bond donors (Lipinski definition) is 0. The first kappa shape index (κ1) is 24.1. The average molecular weight is 444 g/mol. The summed E-state index contributed by atoms with van der Waals surface area (Å²) < 4.78 is 11.6. The summed E-state index contributed by atoms with van der Waals surface area (Å²) in [6.07, 6.45) is 0.235. The van der Waals surface area contributed by atoms with Gasteiger partial charge in [-0.1, -0.05) is 91.0 Å². The van der Waals surface area contributed by atoms with Crippen LogP contribution in [0.15, 0.2) is 103 Å². The van der Waals surface area contributed by atoms with Crippen LogP contribution in [0.5, 0.6) is 0 Å². The number of benzene rings is 3. The standard InChI is InChI=1S/C29H31O4/c1-5-32-27(31)28(3,4)21-22(2)26(30)33-29(23-15-9-6-10-16-23,24-17-11-7-12-18-24)25-19-13-8-14-20-25/h6-20H,5,21H2,1-4H3. The molecule has 0 unspecified atom stereocenters. The summed E-state index contributed by atoms with van der Waals surface area (Å²) in [5.74, 6) is -0.790. The van der Waals surface area contributed by atoms with E-state index in [4.69, 9.17) is 9.47 Å². The van der Waals surface area contributed by atoms with Crippen LogP contribution in [0.2, 0.25) is 0 Å². The summed E-state index contributed by atoms with van der Waals surface area (Å²) in [4.78, 5) is 12.4. The van der Waals surface area contributed by atoms with Crippen LogP contribution in [0.1, 0.15) is 50.8 Å². The van der Waals surface area contributed by atoms with Crippen molar-refractivity contribution in [1.82, 2.24) is 0 Å². The molecule has 0 atom stereocenters. The summed E-state index contributed by atoms with van der Waals surface area (Å²) >= 11 is 0. The van der Waals surface area contributed by atoms with Gasteiger partial charge in [-0.3, -0.25) is 4.79 Å². The second-order valence-corrected chi connectivity index (χ2v) is 8.73. The summed E-state index contributed by atoms with van der Waals surface area (Å²) in [6.45, 7) is 7.34. The van der Waals surface area contributed by atoms with Gasteiger partial charge in [0.15, 0.2) is 5.60 Å². The van der Waals surface area contributed by atoms with E-state index in [1.165, 1.54) is 0 Å². The lowest BCUT2D eigenvalue weighted by Gasteiger charge is -2.35. The molecule has 0 saturated carbocycles. The lowest BCUT2D eigenvalue weighted by molar-refractivity contribution is -0.153. The van der Waals surface area contributed by atoms with Gasteiger partial charge in [0.05, 0.1) is 12.0 Å². The Morgan fingerprint density at radius 2 is 1.15 bits per heavy atom. The van der Waals surface area contributed by atoms with E-state index < -0.39 is 17.0 Å². The van der Waals surface area contributed by atoms with Gasteiger partial charge in [-0.05, 0) is 34.1 Å². The van der Waals surface area contributed by atoms with Crippen LogP contribution in [0, 0.1) is 5.41 Å². The molecule has 3 aromatic rings. The molecule has 0 amide bonds. The van der Waals surface area contributed by atoms with E-state index in [0.717, 1.165) is 16.7 Å². The molecule has 1 radical (unpaired) electrons. The lowest BCUT2D eigenvalue weighted by Crippen LogP contribution is -2.33.